The highest BCUT2D eigenvalue weighted by molar-refractivity contribution is 8.21. The van der Waals surface area contributed by atoms with Crippen LogP contribution in [0.25, 0.3) is 0 Å². The second-order valence-electron chi connectivity index (χ2n) is 5.86. The van der Waals surface area contributed by atoms with Gasteiger partial charge < -0.3 is 4.52 Å². The SMILES string of the molecule is CCP(=S)(Oc1ccc(Cl)cc1)N(SN(C)C(=O)ON=C(C)SC)c1ccccc1. The maximum atomic E-state index is 12.4. The van der Waals surface area contributed by atoms with E-state index >= 15 is 0 Å². The Bertz CT molecular complexity index is 916. The Morgan fingerprint density at radius 2 is 1.83 bits per heavy atom. The van der Waals surface area contributed by atoms with Gasteiger partial charge in [-0.1, -0.05) is 41.9 Å². The standard InChI is InChI=1S/C19H23ClN3O3PS3/c1-5-27(28,26-18-13-11-16(20)12-14-18)23(17-9-7-6-8-10-17)30-22(3)19(24)25-21-15(2)29-4/h6-14H,5H2,1-4H3. The molecule has 6 nitrogen and oxygen atoms in total. The number of hydrogen-bond donors (Lipinski definition) is 0. The van der Waals surface area contributed by atoms with E-state index in [1.165, 1.54) is 16.1 Å². The van der Waals surface area contributed by atoms with Crippen LogP contribution >= 0.6 is 41.9 Å². The quantitative estimate of drug-likeness (QED) is 0.0971. The van der Waals surface area contributed by atoms with Crippen molar-refractivity contribution < 1.29 is 14.2 Å². The lowest BCUT2D eigenvalue weighted by molar-refractivity contribution is 0.137. The van der Waals surface area contributed by atoms with E-state index in [-0.39, 0.29) is 0 Å². The van der Waals surface area contributed by atoms with Crippen molar-refractivity contribution in [2.45, 2.75) is 13.8 Å². The Morgan fingerprint density at radius 1 is 1.20 bits per heavy atom. The van der Waals surface area contributed by atoms with Crippen LogP contribution in [0.2, 0.25) is 5.02 Å². The van der Waals surface area contributed by atoms with Gasteiger partial charge in [0.25, 0.3) is 0 Å². The molecule has 0 aliphatic carbocycles. The van der Waals surface area contributed by atoms with Crippen molar-refractivity contribution >= 4 is 70.5 Å². The van der Waals surface area contributed by atoms with E-state index in [4.69, 9.17) is 32.8 Å². The number of oxime groups is 1. The fourth-order valence-corrected chi connectivity index (χ4v) is 6.28. The Kier molecular flexibility index (Phi) is 9.84. The minimum absolute atomic E-state index is 0.569. The minimum Gasteiger partial charge on any atom is -0.448 e. The zero-order valence-electron chi connectivity index (χ0n) is 17.0. The maximum absolute atomic E-state index is 12.4. The number of hydrogen-bond acceptors (Lipinski definition) is 7. The third-order valence-corrected chi connectivity index (χ3v) is 10.3. The average Bonchev–Trinajstić information content (AvgIpc) is 2.77. The lowest BCUT2D eigenvalue weighted by Gasteiger charge is -2.35. The number of benzene rings is 2. The molecule has 0 spiro atoms. The zero-order chi connectivity index (χ0) is 22.1. The van der Waals surface area contributed by atoms with Gasteiger partial charge in [0.1, 0.15) is 10.8 Å². The summed E-state index contributed by atoms with van der Waals surface area (Å²) in [4.78, 5) is 17.4. The smallest absolute Gasteiger partial charge is 0.447 e. The number of anilines is 1. The number of carbonyl (C=O) groups excluding carboxylic acids is 1. The van der Waals surface area contributed by atoms with Gasteiger partial charge in [0.2, 0.25) is 6.42 Å². The molecule has 1 atom stereocenters. The summed E-state index contributed by atoms with van der Waals surface area (Å²) < 4.78 is 9.49. The molecular formula is C19H23ClN3O3PS3. The van der Waals surface area contributed by atoms with Crippen molar-refractivity contribution in [1.29, 1.82) is 0 Å². The Balaban J connectivity index is 2.30. The highest BCUT2D eigenvalue weighted by Crippen LogP contribution is 2.57. The summed E-state index contributed by atoms with van der Waals surface area (Å²) >= 11 is 14.5. The molecule has 0 saturated carbocycles. The number of carbonyl (C=O) groups is 1. The molecule has 1 amide bonds. The van der Waals surface area contributed by atoms with E-state index in [1.54, 1.807) is 38.2 Å². The lowest BCUT2D eigenvalue weighted by Crippen LogP contribution is -2.27. The first-order valence-electron chi connectivity index (χ1n) is 8.90. The Hall–Kier alpha value is -1.38. The maximum Gasteiger partial charge on any atom is 0.447 e. The van der Waals surface area contributed by atoms with Gasteiger partial charge in [-0.15, -0.1) is 11.8 Å². The van der Waals surface area contributed by atoms with Crippen molar-refractivity contribution in [2.75, 3.05) is 23.5 Å². The number of thioether (sulfide) groups is 1. The Labute approximate surface area is 196 Å². The predicted octanol–water partition coefficient (Wildman–Crippen LogP) is 6.88. The highest BCUT2D eigenvalue weighted by Gasteiger charge is 2.31. The summed E-state index contributed by atoms with van der Waals surface area (Å²) in [5.41, 5.74) is 0.824. The molecule has 2 aromatic rings. The van der Waals surface area contributed by atoms with Crippen LogP contribution in [0, 0.1) is 0 Å². The fraction of sp³-hybridized carbons (Fsp3) is 0.263. The van der Waals surface area contributed by atoms with Gasteiger partial charge in [-0.2, -0.15) is 0 Å². The molecule has 30 heavy (non-hydrogen) atoms. The van der Waals surface area contributed by atoms with Crippen LogP contribution in [0.4, 0.5) is 10.5 Å². The molecule has 0 fully saturated rings. The number of rotatable bonds is 8. The van der Waals surface area contributed by atoms with Gasteiger partial charge in [0.05, 0.1) is 17.8 Å². The zero-order valence-corrected chi connectivity index (χ0v) is 21.1. The van der Waals surface area contributed by atoms with Crippen LogP contribution in [0.5, 0.6) is 5.75 Å². The van der Waals surface area contributed by atoms with Crippen LogP contribution in [0.3, 0.4) is 0 Å². The monoisotopic (exact) mass is 503 g/mol. The van der Waals surface area contributed by atoms with Crippen molar-refractivity contribution in [3.8, 4) is 5.75 Å². The number of halogens is 1. The normalized spacial score (nSPS) is 13.3. The van der Waals surface area contributed by atoms with Crippen molar-refractivity contribution in [1.82, 2.24) is 4.31 Å². The Morgan fingerprint density at radius 3 is 2.40 bits per heavy atom. The van der Waals surface area contributed by atoms with Crippen LogP contribution in [0.15, 0.2) is 59.8 Å². The molecule has 162 valence electrons. The third-order valence-electron chi connectivity index (χ3n) is 3.72. The number of nitrogens with zero attached hydrogens (tertiary/aromatic N) is 3. The average molecular weight is 504 g/mol. The third kappa shape index (κ3) is 7.10. The van der Waals surface area contributed by atoms with Crippen LogP contribution in [-0.4, -0.2) is 34.9 Å². The first kappa shape index (κ1) is 24.9. The molecule has 0 aliphatic heterocycles. The summed E-state index contributed by atoms with van der Waals surface area (Å²) in [6.45, 7) is 3.73. The van der Waals surface area contributed by atoms with E-state index < -0.39 is 12.5 Å². The van der Waals surface area contributed by atoms with E-state index in [0.717, 1.165) is 17.8 Å². The molecular weight excluding hydrogens is 481 g/mol. The summed E-state index contributed by atoms with van der Waals surface area (Å²) in [7, 11) is 1.60. The minimum atomic E-state index is -2.61. The molecule has 2 aromatic carbocycles. The van der Waals surface area contributed by atoms with Gasteiger partial charge in [-0.05, 0) is 61.4 Å². The predicted molar refractivity (Wildman–Crippen MR) is 134 cm³/mol. The first-order chi connectivity index (χ1) is 14.3. The van der Waals surface area contributed by atoms with Gasteiger partial charge in [-0.3, -0.25) is 4.84 Å². The lowest BCUT2D eigenvalue weighted by atomic mass is 10.3. The van der Waals surface area contributed by atoms with Gasteiger partial charge >= 0.3 is 6.09 Å². The van der Waals surface area contributed by atoms with Crippen molar-refractivity contribution in [3.05, 3.63) is 59.6 Å². The molecule has 0 heterocycles. The molecule has 0 bridgehead atoms. The van der Waals surface area contributed by atoms with Gasteiger partial charge in [-0.25, -0.2) is 13.2 Å². The summed E-state index contributed by atoms with van der Waals surface area (Å²) in [6, 6.07) is 16.6. The highest BCUT2D eigenvalue weighted by atomic mass is 35.5. The first-order valence-corrected chi connectivity index (χ1v) is 14.1. The summed E-state index contributed by atoms with van der Waals surface area (Å²) in [5, 5.41) is 5.06. The molecule has 1 unspecified atom stereocenters. The summed E-state index contributed by atoms with van der Waals surface area (Å²) in [6.07, 6.45) is -0.798. The fourth-order valence-electron chi connectivity index (χ4n) is 2.07. The molecule has 0 aliphatic rings. The van der Waals surface area contributed by atoms with Crippen LogP contribution < -0.4 is 8.60 Å². The molecule has 2 rings (SSSR count). The van der Waals surface area contributed by atoms with Crippen LogP contribution in [0.1, 0.15) is 13.8 Å². The largest absolute Gasteiger partial charge is 0.448 e. The van der Waals surface area contributed by atoms with Crippen molar-refractivity contribution in [2.24, 2.45) is 5.16 Å². The van der Waals surface area contributed by atoms with Crippen molar-refractivity contribution in [3.63, 3.8) is 0 Å². The summed E-state index contributed by atoms with van der Waals surface area (Å²) in [5.74, 6) is 0.622. The number of amides is 1. The van der Waals surface area contributed by atoms with E-state index in [9.17, 15) is 4.79 Å². The molecule has 11 heteroatoms. The second kappa shape index (κ2) is 11.9. The van der Waals surface area contributed by atoms with Crippen LogP contribution in [-0.2, 0) is 16.6 Å². The molecule has 0 aromatic heterocycles. The topological polar surface area (TPSA) is 54.4 Å². The molecule has 0 N–H and O–H groups in total. The van der Waals surface area contributed by atoms with E-state index in [0.29, 0.717) is 22.0 Å². The van der Waals surface area contributed by atoms with E-state index in [2.05, 4.69) is 5.16 Å². The van der Waals surface area contributed by atoms with E-state index in [1.807, 2.05) is 47.6 Å². The second-order valence-corrected chi connectivity index (χ2v) is 12.8. The molecule has 0 radical (unpaired) electrons. The number of para-hydroxylation sites is 1. The molecule has 0 saturated heterocycles. The van der Waals surface area contributed by atoms with Gasteiger partial charge in [0.15, 0.2) is 0 Å². The van der Waals surface area contributed by atoms with Gasteiger partial charge in [0, 0.05) is 18.2 Å².